The molecule has 1 aromatic rings. The Balaban J connectivity index is 2.92. The third-order valence-corrected chi connectivity index (χ3v) is 2.49. The molecule has 16 heavy (non-hydrogen) atoms. The Labute approximate surface area is 96.3 Å². The van der Waals surface area contributed by atoms with E-state index in [0.29, 0.717) is 17.4 Å². The van der Waals surface area contributed by atoms with Crippen molar-refractivity contribution in [1.82, 2.24) is 4.98 Å². The van der Waals surface area contributed by atoms with E-state index in [0.717, 1.165) is 5.69 Å². The van der Waals surface area contributed by atoms with Gasteiger partial charge in [-0.1, -0.05) is 13.8 Å². The van der Waals surface area contributed by atoms with Gasteiger partial charge in [-0.3, -0.25) is 5.41 Å². The number of rotatable bonds is 4. The molecule has 1 atom stereocenters. The molecule has 0 bridgehead atoms. The second kappa shape index (κ2) is 4.96. The van der Waals surface area contributed by atoms with Crippen LogP contribution in [0.1, 0.15) is 32.0 Å². The van der Waals surface area contributed by atoms with E-state index < -0.39 is 0 Å². The molecule has 0 spiro atoms. The van der Waals surface area contributed by atoms with E-state index in [2.05, 4.69) is 18.8 Å². The smallest absolute Gasteiger partial charge is 0.214 e. The highest BCUT2D eigenvalue weighted by Crippen LogP contribution is 2.16. The van der Waals surface area contributed by atoms with E-state index in [-0.39, 0.29) is 11.9 Å². The lowest BCUT2D eigenvalue weighted by Gasteiger charge is -2.17. The highest BCUT2D eigenvalue weighted by atomic mass is 16.5. The maximum Gasteiger partial charge on any atom is 0.214 e. The van der Waals surface area contributed by atoms with Crippen molar-refractivity contribution in [2.75, 3.05) is 0 Å². The number of aryl methyl sites for hydroxylation is 1. The van der Waals surface area contributed by atoms with Crippen LogP contribution in [0.5, 0.6) is 5.88 Å². The first kappa shape index (κ1) is 12.5. The Kier molecular flexibility index (Phi) is 3.88. The lowest BCUT2D eigenvalue weighted by Crippen LogP contribution is -2.20. The van der Waals surface area contributed by atoms with Gasteiger partial charge in [0.15, 0.2) is 0 Å². The molecule has 0 amide bonds. The van der Waals surface area contributed by atoms with Gasteiger partial charge in [0.2, 0.25) is 5.88 Å². The molecule has 4 heteroatoms. The maximum absolute atomic E-state index is 7.39. The fourth-order valence-corrected chi connectivity index (χ4v) is 1.18. The molecule has 0 saturated heterocycles. The zero-order chi connectivity index (χ0) is 12.3. The monoisotopic (exact) mass is 221 g/mol. The van der Waals surface area contributed by atoms with Gasteiger partial charge >= 0.3 is 0 Å². The number of ether oxygens (including phenoxy) is 1. The van der Waals surface area contributed by atoms with E-state index in [9.17, 15) is 0 Å². The predicted octanol–water partition coefficient (Wildman–Crippen LogP) is 2.10. The van der Waals surface area contributed by atoms with Crippen LogP contribution >= 0.6 is 0 Å². The van der Waals surface area contributed by atoms with Gasteiger partial charge in [-0.2, -0.15) is 0 Å². The summed E-state index contributed by atoms with van der Waals surface area (Å²) in [5.74, 6) is 0.988. The van der Waals surface area contributed by atoms with Crippen molar-refractivity contribution >= 4 is 5.84 Å². The van der Waals surface area contributed by atoms with E-state index in [1.807, 2.05) is 13.8 Å². The lowest BCUT2D eigenvalue weighted by atomic mass is 10.1. The van der Waals surface area contributed by atoms with Crippen LogP contribution in [0.4, 0.5) is 0 Å². The zero-order valence-corrected chi connectivity index (χ0v) is 10.2. The average Bonchev–Trinajstić information content (AvgIpc) is 2.16. The Morgan fingerprint density at radius 2 is 2.00 bits per heavy atom. The van der Waals surface area contributed by atoms with Crippen LogP contribution in [0.2, 0.25) is 0 Å². The Morgan fingerprint density at radius 3 is 2.50 bits per heavy atom. The average molecular weight is 221 g/mol. The first-order valence-electron chi connectivity index (χ1n) is 5.40. The summed E-state index contributed by atoms with van der Waals surface area (Å²) in [6.07, 6.45) is 0.0918. The van der Waals surface area contributed by atoms with Crippen LogP contribution in [0, 0.1) is 18.3 Å². The number of nitrogen functional groups attached to an aromatic ring is 1. The number of nitrogens with two attached hydrogens (primary N) is 1. The summed E-state index contributed by atoms with van der Waals surface area (Å²) in [5.41, 5.74) is 6.90. The van der Waals surface area contributed by atoms with Crippen LogP contribution < -0.4 is 10.5 Å². The summed E-state index contributed by atoms with van der Waals surface area (Å²) >= 11 is 0. The van der Waals surface area contributed by atoms with Crippen LogP contribution in [-0.4, -0.2) is 16.9 Å². The van der Waals surface area contributed by atoms with Crippen LogP contribution in [0.3, 0.4) is 0 Å². The molecule has 0 aliphatic carbocycles. The SMILES string of the molecule is Cc1cc(C(=N)N)cc(OC(C)C(C)C)n1. The molecule has 1 aromatic heterocycles. The number of hydrogen-bond donors (Lipinski definition) is 2. The van der Waals surface area contributed by atoms with Crippen molar-refractivity contribution in [2.45, 2.75) is 33.8 Å². The topological polar surface area (TPSA) is 72.0 Å². The van der Waals surface area contributed by atoms with Gasteiger partial charge in [0.05, 0.1) is 6.10 Å². The largest absolute Gasteiger partial charge is 0.474 e. The maximum atomic E-state index is 7.39. The van der Waals surface area contributed by atoms with Crippen molar-refractivity contribution in [2.24, 2.45) is 11.7 Å². The van der Waals surface area contributed by atoms with E-state index in [4.69, 9.17) is 15.9 Å². The molecule has 0 radical (unpaired) electrons. The summed E-state index contributed by atoms with van der Waals surface area (Å²) in [6.45, 7) is 8.04. The molecule has 1 heterocycles. The molecule has 0 fully saturated rings. The molecule has 88 valence electrons. The van der Waals surface area contributed by atoms with Crippen LogP contribution in [0.25, 0.3) is 0 Å². The summed E-state index contributed by atoms with van der Waals surface area (Å²) in [7, 11) is 0. The Hall–Kier alpha value is -1.58. The minimum absolute atomic E-state index is 0.0348. The second-order valence-electron chi connectivity index (χ2n) is 4.32. The fourth-order valence-electron chi connectivity index (χ4n) is 1.18. The van der Waals surface area contributed by atoms with Gasteiger partial charge in [-0.15, -0.1) is 0 Å². The molecular formula is C12H19N3O. The van der Waals surface area contributed by atoms with E-state index >= 15 is 0 Å². The predicted molar refractivity (Wildman–Crippen MR) is 64.9 cm³/mol. The third kappa shape index (κ3) is 3.22. The Bertz CT molecular complexity index is 388. The van der Waals surface area contributed by atoms with Gasteiger partial charge in [0.25, 0.3) is 0 Å². The lowest BCUT2D eigenvalue weighted by molar-refractivity contribution is 0.163. The number of hydrogen-bond acceptors (Lipinski definition) is 3. The Morgan fingerprint density at radius 1 is 1.38 bits per heavy atom. The standard InChI is InChI=1S/C12H19N3O/c1-7(2)9(4)16-11-6-10(12(13)14)5-8(3)15-11/h5-7,9H,1-4H3,(H3,13,14). The van der Waals surface area contributed by atoms with Crippen LogP contribution in [-0.2, 0) is 0 Å². The molecule has 4 nitrogen and oxygen atoms in total. The molecule has 0 aliphatic heterocycles. The van der Waals surface area contributed by atoms with Gasteiger partial charge in [0.1, 0.15) is 5.84 Å². The highest BCUT2D eigenvalue weighted by molar-refractivity contribution is 5.95. The molecule has 1 unspecified atom stereocenters. The van der Waals surface area contributed by atoms with Crippen molar-refractivity contribution in [1.29, 1.82) is 5.41 Å². The first-order chi connectivity index (χ1) is 7.40. The molecule has 3 N–H and O–H groups in total. The molecular weight excluding hydrogens is 202 g/mol. The van der Waals surface area contributed by atoms with Crippen molar-refractivity contribution in [3.05, 3.63) is 23.4 Å². The first-order valence-corrected chi connectivity index (χ1v) is 5.40. The van der Waals surface area contributed by atoms with Crippen molar-refractivity contribution < 1.29 is 4.74 Å². The van der Waals surface area contributed by atoms with Gasteiger partial charge in [-0.25, -0.2) is 4.98 Å². The minimum atomic E-state index is 0.0348. The van der Waals surface area contributed by atoms with E-state index in [1.54, 1.807) is 12.1 Å². The van der Waals surface area contributed by atoms with Crippen LogP contribution in [0.15, 0.2) is 12.1 Å². The molecule has 0 saturated carbocycles. The zero-order valence-electron chi connectivity index (χ0n) is 10.2. The summed E-state index contributed by atoms with van der Waals surface area (Å²) in [5, 5.41) is 7.39. The number of pyridine rings is 1. The number of aromatic nitrogens is 1. The third-order valence-electron chi connectivity index (χ3n) is 2.49. The van der Waals surface area contributed by atoms with Crippen molar-refractivity contribution in [3.63, 3.8) is 0 Å². The minimum Gasteiger partial charge on any atom is -0.474 e. The second-order valence-corrected chi connectivity index (χ2v) is 4.32. The van der Waals surface area contributed by atoms with Gasteiger partial charge in [0, 0.05) is 17.3 Å². The number of nitrogens with zero attached hydrogens (tertiary/aromatic N) is 1. The summed E-state index contributed by atoms with van der Waals surface area (Å²) < 4.78 is 5.68. The number of nitrogens with one attached hydrogen (secondary N) is 1. The van der Waals surface area contributed by atoms with Gasteiger partial charge in [-0.05, 0) is 25.8 Å². The highest BCUT2D eigenvalue weighted by Gasteiger charge is 2.11. The van der Waals surface area contributed by atoms with Gasteiger partial charge < -0.3 is 10.5 Å². The summed E-state index contributed by atoms with van der Waals surface area (Å²) in [6, 6.07) is 3.48. The number of amidine groups is 1. The molecule has 1 rings (SSSR count). The normalized spacial score (nSPS) is 12.6. The quantitative estimate of drug-likeness (QED) is 0.604. The molecule has 0 aliphatic rings. The van der Waals surface area contributed by atoms with E-state index in [1.165, 1.54) is 0 Å². The fraction of sp³-hybridized carbons (Fsp3) is 0.500. The molecule has 0 aromatic carbocycles. The summed E-state index contributed by atoms with van der Waals surface area (Å²) in [4.78, 5) is 4.26. The van der Waals surface area contributed by atoms with Crippen molar-refractivity contribution in [3.8, 4) is 5.88 Å².